The van der Waals surface area contributed by atoms with Crippen molar-refractivity contribution in [2.75, 3.05) is 6.61 Å². The second-order valence-electron chi connectivity index (χ2n) is 3.43. The molecule has 0 aliphatic rings. The average molecular weight is 223 g/mol. The molecule has 0 atom stereocenters. The van der Waals surface area contributed by atoms with Crippen LogP contribution in [0.25, 0.3) is 0 Å². The lowest BCUT2D eigenvalue weighted by Crippen LogP contribution is -2.27. The van der Waals surface area contributed by atoms with Gasteiger partial charge >= 0.3 is 5.97 Å². The van der Waals surface area contributed by atoms with Gasteiger partial charge in [0.25, 0.3) is 5.91 Å². The highest BCUT2D eigenvalue weighted by Crippen LogP contribution is 2.10. The molecule has 1 aromatic rings. The Morgan fingerprint density at radius 3 is 2.69 bits per heavy atom. The summed E-state index contributed by atoms with van der Waals surface area (Å²) >= 11 is 0. The van der Waals surface area contributed by atoms with Crippen molar-refractivity contribution >= 4 is 11.9 Å². The van der Waals surface area contributed by atoms with Crippen LogP contribution in [0.2, 0.25) is 0 Å². The van der Waals surface area contributed by atoms with Crippen molar-refractivity contribution in [1.82, 2.24) is 5.48 Å². The first-order chi connectivity index (χ1) is 7.50. The maximum absolute atomic E-state index is 11.6. The van der Waals surface area contributed by atoms with E-state index in [1.807, 2.05) is 19.1 Å². The van der Waals surface area contributed by atoms with E-state index in [4.69, 9.17) is 5.11 Å². The fourth-order valence-electron chi connectivity index (χ4n) is 1.20. The summed E-state index contributed by atoms with van der Waals surface area (Å²) in [6.07, 6.45) is 0. The van der Waals surface area contributed by atoms with E-state index in [9.17, 15) is 9.59 Å². The average Bonchev–Trinajstić information content (AvgIpc) is 2.21. The highest BCUT2D eigenvalue weighted by molar-refractivity contribution is 5.95. The standard InChI is InChI=1S/C11H13NO4/c1-7-3-4-8(2)9(5-7)11(15)12-16-6-10(13)14/h3-5H,6H2,1-2H3,(H,12,15)(H,13,14). The van der Waals surface area contributed by atoms with Crippen LogP contribution in [-0.2, 0) is 9.63 Å². The molecule has 1 rings (SSSR count). The maximum atomic E-state index is 11.6. The number of carboxylic acids is 1. The first-order valence-corrected chi connectivity index (χ1v) is 4.72. The van der Waals surface area contributed by atoms with Crippen molar-refractivity contribution < 1.29 is 19.5 Å². The lowest BCUT2D eigenvalue weighted by Gasteiger charge is -2.07. The molecule has 2 N–H and O–H groups in total. The number of carbonyl (C=O) groups is 2. The number of amides is 1. The van der Waals surface area contributed by atoms with E-state index in [1.54, 1.807) is 13.0 Å². The Bertz CT molecular complexity index is 414. The molecule has 1 aromatic carbocycles. The molecule has 5 heteroatoms. The predicted molar refractivity (Wildman–Crippen MR) is 57.0 cm³/mol. The molecule has 0 aromatic heterocycles. The first-order valence-electron chi connectivity index (χ1n) is 4.72. The predicted octanol–water partition coefficient (Wildman–Crippen LogP) is 1.05. The summed E-state index contributed by atoms with van der Waals surface area (Å²) in [6.45, 7) is 3.11. The first kappa shape index (κ1) is 12.2. The second-order valence-corrected chi connectivity index (χ2v) is 3.43. The van der Waals surface area contributed by atoms with Crippen LogP contribution in [-0.4, -0.2) is 23.6 Å². The number of carboxylic acid groups (broad SMARTS) is 1. The van der Waals surface area contributed by atoms with Crippen LogP contribution < -0.4 is 5.48 Å². The summed E-state index contributed by atoms with van der Waals surface area (Å²) in [5, 5.41) is 8.32. The summed E-state index contributed by atoms with van der Waals surface area (Å²) in [7, 11) is 0. The second kappa shape index (κ2) is 5.27. The third-order valence-electron chi connectivity index (χ3n) is 2.00. The van der Waals surface area contributed by atoms with Gasteiger partial charge in [-0.3, -0.25) is 9.63 Å². The van der Waals surface area contributed by atoms with Gasteiger partial charge in [0.2, 0.25) is 0 Å². The summed E-state index contributed by atoms with van der Waals surface area (Å²) in [4.78, 5) is 26.2. The molecular weight excluding hydrogens is 210 g/mol. The van der Waals surface area contributed by atoms with Gasteiger partial charge in [0.05, 0.1) is 0 Å². The third kappa shape index (κ3) is 3.36. The molecule has 0 aliphatic carbocycles. The van der Waals surface area contributed by atoms with Gasteiger partial charge in [-0.2, -0.15) is 0 Å². The molecule has 5 nitrogen and oxygen atoms in total. The van der Waals surface area contributed by atoms with E-state index in [2.05, 4.69) is 10.3 Å². The van der Waals surface area contributed by atoms with Gasteiger partial charge in [0, 0.05) is 5.56 Å². The maximum Gasteiger partial charge on any atom is 0.332 e. The smallest absolute Gasteiger partial charge is 0.332 e. The van der Waals surface area contributed by atoms with Crippen LogP contribution in [0.1, 0.15) is 21.5 Å². The zero-order chi connectivity index (χ0) is 12.1. The third-order valence-corrected chi connectivity index (χ3v) is 2.00. The fraction of sp³-hybridized carbons (Fsp3) is 0.273. The van der Waals surface area contributed by atoms with Crippen molar-refractivity contribution in [3.63, 3.8) is 0 Å². The number of hydrogen-bond acceptors (Lipinski definition) is 3. The Hall–Kier alpha value is -1.88. The molecule has 0 saturated heterocycles. The van der Waals surface area contributed by atoms with Crippen LogP contribution in [0.15, 0.2) is 18.2 Å². The topological polar surface area (TPSA) is 75.6 Å². The lowest BCUT2D eigenvalue weighted by atomic mass is 10.1. The number of benzene rings is 1. The Kier molecular flexibility index (Phi) is 4.02. The van der Waals surface area contributed by atoms with Crippen molar-refractivity contribution in [2.45, 2.75) is 13.8 Å². The van der Waals surface area contributed by atoms with Crippen LogP contribution >= 0.6 is 0 Å². The van der Waals surface area contributed by atoms with Crippen molar-refractivity contribution in [3.8, 4) is 0 Å². The number of aryl methyl sites for hydroxylation is 2. The van der Waals surface area contributed by atoms with Gasteiger partial charge in [-0.15, -0.1) is 0 Å². The zero-order valence-electron chi connectivity index (χ0n) is 9.11. The molecule has 86 valence electrons. The Morgan fingerprint density at radius 2 is 2.06 bits per heavy atom. The molecule has 1 amide bonds. The summed E-state index contributed by atoms with van der Waals surface area (Å²) in [6, 6.07) is 5.43. The van der Waals surface area contributed by atoms with Crippen LogP contribution in [0.4, 0.5) is 0 Å². The van der Waals surface area contributed by atoms with E-state index in [0.29, 0.717) is 5.56 Å². The van der Waals surface area contributed by atoms with Crippen LogP contribution in [0, 0.1) is 13.8 Å². The summed E-state index contributed by atoms with van der Waals surface area (Å²) in [5.41, 5.74) is 4.32. The van der Waals surface area contributed by atoms with Crippen molar-refractivity contribution in [3.05, 3.63) is 34.9 Å². The van der Waals surface area contributed by atoms with Gasteiger partial charge in [-0.25, -0.2) is 10.3 Å². The van der Waals surface area contributed by atoms with Gasteiger partial charge in [0.1, 0.15) is 0 Å². The highest BCUT2D eigenvalue weighted by Gasteiger charge is 2.09. The van der Waals surface area contributed by atoms with Gasteiger partial charge in [-0.1, -0.05) is 17.7 Å². The Morgan fingerprint density at radius 1 is 1.38 bits per heavy atom. The van der Waals surface area contributed by atoms with E-state index in [-0.39, 0.29) is 0 Å². The number of nitrogens with one attached hydrogen (secondary N) is 1. The molecule has 0 unspecified atom stereocenters. The normalized spacial score (nSPS) is 9.88. The summed E-state index contributed by atoms with van der Waals surface area (Å²) in [5.74, 6) is -1.58. The van der Waals surface area contributed by atoms with E-state index >= 15 is 0 Å². The number of hydrogen-bond donors (Lipinski definition) is 2. The Balaban J connectivity index is 2.65. The molecular formula is C11H13NO4. The number of rotatable bonds is 4. The number of aliphatic carboxylic acids is 1. The molecule has 0 bridgehead atoms. The number of hydroxylamine groups is 1. The van der Waals surface area contributed by atoms with Gasteiger partial charge in [-0.05, 0) is 25.5 Å². The summed E-state index contributed by atoms with van der Waals surface area (Å²) < 4.78 is 0. The monoisotopic (exact) mass is 223 g/mol. The van der Waals surface area contributed by atoms with Crippen LogP contribution in [0.5, 0.6) is 0 Å². The van der Waals surface area contributed by atoms with Gasteiger partial charge in [0.15, 0.2) is 6.61 Å². The van der Waals surface area contributed by atoms with Gasteiger partial charge < -0.3 is 5.11 Å². The fourth-order valence-corrected chi connectivity index (χ4v) is 1.20. The minimum absolute atomic E-state index is 0.442. The van der Waals surface area contributed by atoms with E-state index in [0.717, 1.165) is 11.1 Å². The molecule has 0 heterocycles. The van der Waals surface area contributed by atoms with Crippen molar-refractivity contribution in [1.29, 1.82) is 0 Å². The Labute approximate surface area is 93.0 Å². The minimum atomic E-state index is -1.14. The SMILES string of the molecule is Cc1ccc(C)c(C(=O)NOCC(=O)O)c1. The highest BCUT2D eigenvalue weighted by atomic mass is 16.7. The molecule has 0 radical (unpaired) electrons. The van der Waals surface area contributed by atoms with E-state index in [1.165, 1.54) is 0 Å². The lowest BCUT2D eigenvalue weighted by molar-refractivity contribution is -0.144. The van der Waals surface area contributed by atoms with Crippen molar-refractivity contribution in [2.24, 2.45) is 0 Å². The molecule has 0 saturated carbocycles. The largest absolute Gasteiger partial charge is 0.479 e. The quantitative estimate of drug-likeness (QED) is 0.748. The van der Waals surface area contributed by atoms with E-state index < -0.39 is 18.5 Å². The zero-order valence-corrected chi connectivity index (χ0v) is 9.11. The molecule has 0 fully saturated rings. The van der Waals surface area contributed by atoms with Crippen LogP contribution in [0.3, 0.4) is 0 Å². The molecule has 0 aliphatic heterocycles. The molecule has 16 heavy (non-hydrogen) atoms. The minimum Gasteiger partial charge on any atom is -0.479 e. The number of carbonyl (C=O) groups excluding carboxylic acids is 1. The molecule has 0 spiro atoms.